The summed E-state index contributed by atoms with van der Waals surface area (Å²) in [6.45, 7) is 0. The van der Waals surface area contributed by atoms with E-state index in [2.05, 4.69) is 16.0 Å². The maximum atomic E-state index is 5.12. The zero-order valence-electron chi connectivity index (χ0n) is 8.10. The van der Waals surface area contributed by atoms with Crippen molar-refractivity contribution in [3.63, 3.8) is 0 Å². The van der Waals surface area contributed by atoms with E-state index in [1.165, 1.54) is 11.3 Å². The summed E-state index contributed by atoms with van der Waals surface area (Å²) in [5.74, 6) is 0. The van der Waals surface area contributed by atoms with Gasteiger partial charge in [-0.2, -0.15) is 0 Å². The first-order valence-electron chi connectivity index (χ1n) is 4.57. The van der Waals surface area contributed by atoms with Crippen LogP contribution < -0.4 is 4.74 Å². The lowest BCUT2D eigenvalue weighted by atomic mass is 10.2. The Kier molecular flexibility index (Phi) is 1.82. The number of aromatic nitrogens is 2. The van der Waals surface area contributed by atoms with Crippen molar-refractivity contribution in [2.75, 3.05) is 7.11 Å². The molecular formula is C11H8N2OS. The van der Waals surface area contributed by atoms with Crippen LogP contribution in [-0.2, 0) is 0 Å². The lowest BCUT2D eigenvalue weighted by molar-refractivity contribution is 0.413. The Morgan fingerprint density at radius 1 is 1.27 bits per heavy atom. The van der Waals surface area contributed by atoms with Gasteiger partial charge in [0.2, 0.25) is 0 Å². The molecule has 0 aliphatic heterocycles. The molecule has 15 heavy (non-hydrogen) atoms. The van der Waals surface area contributed by atoms with Crippen molar-refractivity contribution in [3.05, 3.63) is 30.5 Å². The first-order valence-corrected chi connectivity index (χ1v) is 5.38. The van der Waals surface area contributed by atoms with Gasteiger partial charge in [-0.05, 0) is 0 Å². The van der Waals surface area contributed by atoms with E-state index in [-0.39, 0.29) is 0 Å². The van der Waals surface area contributed by atoms with Gasteiger partial charge in [0, 0.05) is 17.0 Å². The van der Waals surface area contributed by atoms with Crippen molar-refractivity contribution in [1.82, 2.24) is 9.97 Å². The van der Waals surface area contributed by atoms with Crippen LogP contribution in [0.25, 0.3) is 21.1 Å². The van der Waals surface area contributed by atoms with E-state index in [4.69, 9.17) is 4.74 Å². The Hall–Kier alpha value is -1.68. The number of methoxy groups -OCH3 is 1. The van der Waals surface area contributed by atoms with Crippen molar-refractivity contribution >= 4 is 32.5 Å². The molecule has 74 valence electrons. The van der Waals surface area contributed by atoms with Gasteiger partial charge in [-0.3, -0.25) is 0 Å². The molecule has 0 fully saturated rings. The molecule has 3 aromatic rings. The quantitative estimate of drug-likeness (QED) is 0.627. The third kappa shape index (κ3) is 1.26. The molecule has 3 nitrogen and oxygen atoms in total. The van der Waals surface area contributed by atoms with E-state index >= 15 is 0 Å². The van der Waals surface area contributed by atoms with Crippen molar-refractivity contribution < 1.29 is 4.74 Å². The SMILES string of the molecule is COc1nc2c(ncc3ccccc32)s1. The molecule has 3 rings (SSSR count). The van der Waals surface area contributed by atoms with Gasteiger partial charge in [0.1, 0.15) is 10.3 Å². The molecule has 0 atom stereocenters. The molecule has 2 heterocycles. The average molecular weight is 216 g/mol. The number of fused-ring (bicyclic) bond motifs is 3. The maximum absolute atomic E-state index is 5.12. The number of pyridine rings is 1. The third-order valence-corrected chi connectivity index (χ3v) is 3.23. The van der Waals surface area contributed by atoms with E-state index < -0.39 is 0 Å². The fraction of sp³-hybridized carbons (Fsp3) is 0.0909. The van der Waals surface area contributed by atoms with Crippen LogP contribution in [0, 0.1) is 0 Å². The van der Waals surface area contributed by atoms with Gasteiger partial charge in [-0.15, -0.1) is 0 Å². The van der Waals surface area contributed by atoms with E-state index in [1.54, 1.807) is 7.11 Å². The monoisotopic (exact) mass is 216 g/mol. The number of hydrogen-bond acceptors (Lipinski definition) is 4. The number of nitrogens with zero attached hydrogens (tertiary/aromatic N) is 2. The van der Waals surface area contributed by atoms with E-state index in [0.29, 0.717) is 5.19 Å². The number of benzene rings is 1. The van der Waals surface area contributed by atoms with Crippen molar-refractivity contribution in [2.24, 2.45) is 0 Å². The molecular weight excluding hydrogens is 208 g/mol. The first-order chi connectivity index (χ1) is 7.38. The van der Waals surface area contributed by atoms with Gasteiger partial charge < -0.3 is 4.74 Å². The van der Waals surface area contributed by atoms with Gasteiger partial charge in [-0.1, -0.05) is 35.6 Å². The molecule has 2 aromatic heterocycles. The van der Waals surface area contributed by atoms with Gasteiger partial charge in [0.15, 0.2) is 0 Å². The highest BCUT2D eigenvalue weighted by Crippen LogP contribution is 2.30. The number of hydrogen-bond donors (Lipinski definition) is 0. The molecule has 0 aliphatic rings. The highest BCUT2D eigenvalue weighted by molar-refractivity contribution is 7.19. The molecule has 0 saturated carbocycles. The third-order valence-electron chi connectivity index (χ3n) is 2.30. The minimum absolute atomic E-state index is 0.661. The lowest BCUT2D eigenvalue weighted by Gasteiger charge is -1.95. The van der Waals surface area contributed by atoms with E-state index in [9.17, 15) is 0 Å². The lowest BCUT2D eigenvalue weighted by Crippen LogP contribution is -1.80. The van der Waals surface area contributed by atoms with Crippen LogP contribution >= 0.6 is 11.3 Å². The van der Waals surface area contributed by atoms with Crippen LogP contribution in [0.2, 0.25) is 0 Å². The molecule has 1 aromatic carbocycles. The second-order valence-corrected chi connectivity index (χ2v) is 4.12. The Balaban J connectivity index is 2.47. The average Bonchev–Trinajstić information content (AvgIpc) is 2.72. The summed E-state index contributed by atoms with van der Waals surface area (Å²) < 4.78 is 5.12. The molecule has 0 unspecified atom stereocenters. The second kappa shape index (κ2) is 3.17. The highest BCUT2D eigenvalue weighted by atomic mass is 32.1. The second-order valence-electron chi connectivity index (χ2n) is 3.18. The fourth-order valence-corrected chi connectivity index (χ4v) is 2.34. The molecule has 0 amide bonds. The van der Waals surface area contributed by atoms with Crippen LogP contribution in [0.3, 0.4) is 0 Å². The summed E-state index contributed by atoms with van der Waals surface area (Å²) in [5.41, 5.74) is 0.926. The number of thiazole rings is 1. The predicted octanol–water partition coefficient (Wildman–Crippen LogP) is 2.85. The number of rotatable bonds is 1. The Morgan fingerprint density at radius 3 is 3.00 bits per heavy atom. The van der Waals surface area contributed by atoms with Gasteiger partial charge in [0.05, 0.1) is 7.11 Å². The predicted molar refractivity (Wildman–Crippen MR) is 61.5 cm³/mol. The van der Waals surface area contributed by atoms with Gasteiger partial charge in [-0.25, -0.2) is 9.97 Å². The van der Waals surface area contributed by atoms with Crippen LogP contribution in [-0.4, -0.2) is 17.1 Å². The van der Waals surface area contributed by atoms with E-state index in [1.807, 2.05) is 24.4 Å². The Morgan fingerprint density at radius 2 is 2.13 bits per heavy atom. The standard InChI is InChI=1S/C11H8N2OS/c1-14-11-13-9-8-5-3-2-4-7(8)6-12-10(9)15-11/h2-6H,1H3. The summed E-state index contributed by atoms with van der Waals surface area (Å²) in [5, 5.41) is 2.90. The van der Waals surface area contributed by atoms with Crippen molar-refractivity contribution in [1.29, 1.82) is 0 Å². The summed E-state index contributed by atoms with van der Waals surface area (Å²) in [7, 11) is 1.62. The smallest absolute Gasteiger partial charge is 0.275 e. The molecule has 0 aliphatic carbocycles. The minimum atomic E-state index is 0.661. The Labute approximate surface area is 90.4 Å². The highest BCUT2D eigenvalue weighted by Gasteiger charge is 2.07. The molecule has 0 radical (unpaired) electrons. The molecule has 0 spiro atoms. The molecule has 0 saturated heterocycles. The zero-order valence-corrected chi connectivity index (χ0v) is 8.91. The largest absolute Gasteiger partial charge is 0.473 e. The summed E-state index contributed by atoms with van der Waals surface area (Å²) in [6.07, 6.45) is 1.87. The summed E-state index contributed by atoms with van der Waals surface area (Å²) >= 11 is 1.47. The summed E-state index contributed by atoms with van der Waals surface area (Å²) in [6, 6.07) is 8.10. The minimum Gasteiger partial charge on any atom is -0.473 e. The Bertz CT molecular complexity index is 633. The maximum Gasteiger partial charge on any atom is 0.275 e. The van der Waals surface area contributed by atoms with Crippen LogP contribution in [0.1, 0.15) is 0 Å². The normalized spacial score (nSPS) is 11.0. The topological polar surface area (TPSA) is 35.0 Å². The van der Waals surface area contributed by atoms with Gasteiger partial charge in [0.25, 0.3) is 5.19 Å². The van der Waals surface area contributed by atoms with Crippen molar-refractivity contribution in [2.45, 2.75) is 0 Å². The van der Waals surface area contributed by atoms with Crippen LogP contribution in [0.4, 0.5) is 0 Å². The number of ether oxygens (including phenoxy) is 1. The van der Waals surface area contributed by atoms with Crippen LogP contribution in [0.15, 0.2) is 30.5 Å². The van der Waals surface area contributed by atoms with E-state index in [0.717, 1.165) is 21.1 Å². The first kappa shape index (κ1) is 8.61. The molecule has 0 N–H and O–H groups in total. The molecule has 0 bridgehead atoms. The summed E-state index contributed by atoms with van der Waals surface area (Å²) in [4.78, 5) is 9.67. The zero-order chi connectivity index (χ0) is 10.3. The molecule has 4 heteroatoms. The van der Waals surface area contributed by atoms with Gasteiger partial charge >= 0.3 is 0 Å². The fourth-order valence-electron chi connectivity index (χ4n) is 1.60. The van der Waals surface area contributed by atoms with Crippen LogP contribution in [0.5, 0.6) is 5.19 Å². The van der Waals surface area contributed by atoms with Crippen molar-refractivity contribution in [3.8, 4) is 5.19 Å².